The summed E-state index contributed by atoms with van der Waals surface area (Å²) < 4.78 is 51.8. The van der Waals surface area contributed by atoms with Crippen LogP contribution in [-0.2, 0) is 23.8 Å². The molecule has 2 saturated heterocycles. The van der Waals surface area contributed by atoms with E-state index in [9.17, 15) is 17.6 Å². The Kier molecular flexibility index (Phi) is 5.87. The third kappa shape index (κ3) is 4.88. The summed E-state index contributed by atoms with van der Waals surface area (Å²) in [7, 11) is -1.95. The first kappa shape index (κ1) is 19.8. The topological polar surface area (TPSA) is 85.4 Å². The summed E-state index contributed by atoms with van der Waals surface area (Å²) in [4.78, 5) is 15.3. The SMILES string of the molecule is COC1CCN(c2ccc(N3C[C@H](COS(C)(=O)=O)OC3=O)cc2F)CC1. The van der Waals surface area contributed by atoms with Crippen molar-refractivity contribution in [3.63, 3.8) is 0 Å². The maximum absolute atomic E-state index is 14.6. The molecule has 10 heteroatoms. The van der Waals surface area contributed by atoms with Crippen LogP contribution in [0.2, 0.25) is 0 Å². The number of anilines is 2. The van der Waals surface area contributed by atoms with Gasteiger partial charge in [0, 0.05) is 20.2 Å². The fourth-order valence-corrected chi connectivity index (χ4v) is 3.67. The molecule has 27 heavy (non-hydrogen) atoms. The van der Waals surface area contributed by atoms with Crippen molar-refractivity contribution in [3.8, 4) is 0 Å². The summed E-state index contributed by atoms with van der Waals surface area (Å²) in [6, 6.07) is 4.59. The van der Waals surface area contributed by atoms with Crippen molar-refractivity contribution in [2.75, 3.05) is 49.4 Å². The van der Waals surface area contributed by atoms with Gasteiger partial charge in [0.1, 0.15) is 18.5 Å². The Hall–Kier alpha value is -1.91. The normalized spacial score (nSPS) is 21.6. The second-order valence-electron chi connectivity index (χ2n) is 6.66. The summed E-state index contributed by atoms with van der Waals surface area (Å²) in [5, 5.41) is 0. The van der Waals surface area contributed by atoms with Gasteiger partial charge in [-0.25, -0.2) is 9.18 Å². The Morgan fingerprint density at radius 3 is 2.59 bits per heavy atom. The van der Waals surface area contributed by atoms with Crippen LogP contribution >= 0.6 is 0 Å². The number of nitrogens with zero attached hydrogens (tertiary/aromatic N) is 2. The maximum atomic E-state index is 14.6. The minimum atomic E-state index is -3.63. The van der Waals surface area contributed by atoms with Crippen LogP contribution in [0.1, 0.15) is 12.8 Å². The Bertz CT molecular complexity index is 795. The third-order valence-electron chi connectivity index (χ3n) is 4.70. The fraction of sp³-hybridized carbons (Fsp3) is 0.588. The molecule has 150 valence electrons. The number of hydrogen-bond donors (Lipinski definition) is 0. The number of carbonyl (C=O) groups is 1. The molecular formula is C17H23FN2O6S. The maximum Gasteiger partial charge on any atom is 0.414 e. The van der Waals surface area contributed by atoms with Crippen molar-refractivity contribution in [1.29, 1.82) is 0 Å². The summed E-state index contributed by atoms with van der Waals surface area (Å²) in [5.74, 6) is -0.424. The van der Waals surface area contributed by atoms with E-state index < -0.39 is 28.1 Å². The van der Waals surface area contributed by atoms with E-state index in [0.717, 1.165) is 19.1 Å². The van der Waals surface area contributed by atoms with E-state index >= 15 is 0 Å². The molecule has 0 spiro atoms. The van der Waals surface area contributed by atoms with Crippen molar-refractivity contribution in [2.45, 2.75) is 25.0 Å². The van der Waals surface area contributed by atoms with E-state index in [0.29, 0.717) is 24.5 Å². The lowest BCUT2D eigenvalue weighted by Gasteiger charge is -2.33. The van der Waals surface area contributed by atoms with Gasteiger partial charge in [-0.05, 0) is 31.0 Å². The standard InChI is InChI=1S/C17H23FN2O6S/c1-24-13-5-7-19(8-6-13)16-4-3-12(9-15(16)18)20-10-14(26-17(20)21)11-25-27(2,22)23/h3-4,9,13-14H,5-8,10-11H2,1-2H3/t14-/m1/s1. The van der Waals surface area contributed by atoms with E-state index in [1.807, 2.05) is 4.90 Å². The molecule has 1 aromatic carbocycles. The van der Waals surface area contributed by atoms with Crippen LogP contribution in [0.15, 0.2) is 18.2 Å². The van der Waals surface area contributed by atoms with Gasteiger partial charge in [0.25, 0.3) is 10.1 Å². The lowest BCUT2D eigenvalue weighted by Crippen LogP contribution is -2.37. The molecule has 0 aliphatic carbocycles. The molecule has 0 radical (unpaired) electrons. The second kappa shape index (κ2) is 7.99. The Morgan fingerprint density at radius 2 is 2.00 bits per heavy atom. The molecule has 2 fully saturated rings. The van der Waals surface area contributed by atoms with Crippen LogP contribution in [0.5, 0.6) is 0 Å². The molecule has 1 aromatic rings. The predicted octanol–water partition coefficient (Wildman–Crippen LogP) is 1.74. The molecular weight excluding hydrogens is 379 g/mol. The lowest BCUT2D eigenvalue weighted by atomic mass is 10.1. The van der Waals surface area contributed by atoms with Crippen molar-refractivity contribution < 1.29 is 31.3 Å². The van der Waals surface area contributed by atoms with E-state index in [1.54, 1.807) is 19.2 Å². The highest BCUT2D eigenvalue weighted by Gasteiger charge is 2.34. The molecule has 1 amide bonds. The quantitative estimate of drug-likeness (QED) is 0.670. The van der Waals surface area contributed by atoms with Crippen LogP contribution in [0, 0.1) is 5.82 Å². The number of ether oxygens (including phenoxy) is 2. The molecule has 0 N–H and O–H groups in total. The van der Waals surface area contributed by atoms with Gasteiger partial charge >= 0.3 is 6.09 Å². The van der Waals surface area contributed by atoms with Crippen LogP contribution in [-0.4, -0.2) is 66.3 Å². The van der Waals surface area contributed by atoms with Crippen LogP contribution in [0.4, 0.5) is 20.6 Å². The Labute approximate surface area is 157 Å². The monoisotopic (exact) mass is 402 g/mol. The van der Waals surface area contributed by atoms with Crippen molar-refractivity contribution in [2.24, 2.45) is 0 Å². The predicted molar refractivity (Wildman–Crippen MR) is 97.1 cm³/mol. The van der Waals surface area contributed by atoms with E-state index in [4.69, 9.17) is 9.47 Å². The van der Waals surface area contributed by atoms with Gasteiger partial charge in [0.05, 0.1) is 30.3 Å². The molecule has 3 rings (SSSR count). The van der Waals surface area contributed by atoms with Gasteiger partial charge in [0.15, 0.2) is 0 Å². The largest absolute Gasteiger partial charge is 0.441 e. The number of rotatable bonds is 6. The third-order valence-corrected chi connectivity index (χ3v) is 5.27. The van der Waals surface area contributed by atoms with Gasteiger partial charge < -0.3 is 14.4 Å². The van der Waals surface area contributed by atoms with Crippen LogP contribution in [0.25, 0.3) is 0 Å². The molecule has 0 unspecified atom stereocenters. The highest BCUT2D eigenvalue weighted by Crippen LogP contribution is 2.29. The minimum absolute atomic E-state index is 0.0897. The summed E-state index contributed by atoms with van der Waals surface area (Å²) in [6.45, 7) is 1.22. The highest BCUT2D eigenvalue weighted by atomic mass is 32.2. The first-order chi connectivity index (χ1) is 12.8. The van der Waals surface area contributed by atoms with Crippen molar-refractivity contribution in [1.82, 2.24) is 0 Å². The number of methoxy groups -OCH3 is 1. The van der Waals surface area contributed by atoms with Gasteiger partial charge in [0.2, 0.25) is 0 Å². The van der Waals surface area contributed by atoms with E-state index in [2.05, 4.69) is 4.18 Å². The molecule has 1 atom stereocenters. The zero-order chi connectivity index (χ0) is 19.6. The highest BCUT2D eigenvalue weighted by molar-refractivity contribution is 7.85. The molecule has 0 saturated carbocycles. The number of hydrogen-bond acceptors (Lipinski definition) is 7. The summed E-state index contributed by atoms with van der Waals surface area (Å²) in [5.41, 5.74) is 0.840. The molecule has 0 bridgehead atoms. The number of amides is 1. The number of carbonyl (C=O) groups excluding carboxylic acids is 1. The summed E-state index contributed by atoms with van der Waals surface area (Å²) >= 11 is 0. The number of cyclic esters (lactones) is 1. The first-order valence-electron chi connectivity index (χ1n) is 8.66. The molecule has 8 nitrogen and oxygen atoms in total. The average Bonchev–Trinajstić information content (AvgIpc) is 3.00. The number of piperidine rings is 1. The van der Waals surface area contributed by atoms with Gasteiger partial charge in [-0.15, -0.1) is 0 Å². The lowest BCUT2D eigenvalue weighted by molar-refractivity contribution is 0.0818. The van der Waals surface area contributed by atoms with Gasteiger partial charge in [-0.1, -0.05) is 0 Å². The van der Waals surface area contributed by atoms with Crippen LogP contribution in [0.3, 0.4) is 0 Å². The fourth-order valence-electron chi connectivity index (χ4n) is 3.27. The van der Waals surface area contributed by atoms with Crippen molar-refractivity contribution >= 4 is 27.6 Å². The Balaban J connectivity index is 1.66. The zero-order valence-electron chi connectivity index (χ0n) is 15.3. The smallest absolute Gasteiger partial charge is 0.414 e. The van der Waals surface area contributed by atoms with Crippen LogP contribution < -0.4 is 9.80 Å². The average molecular weight is 402 g/mol. The number of benzene rings is 1. The molecule has 2 aliphatic rings. The van der Waals surface area contributed by atoms with Gasteiger partial charge in [-0.2, -0.15) is 8.42 Å². The first-order valence-corrected chi connectivity index (χ1v) is 10.5. The van der Waals surface area contributed by atoms with Gasteiger partial charge in [-0.3, -0.25) is 9.08 Å². The molecule has 0 aromatic heterocycles. The van der Waals surface area contributed by atoms with E-state index in [1.165, 1.54) is 11.0 Å². The summed E-state index contributed by atoms with van der Waals surface area (Å²) in [6.07, 6.45) is 1.39. The van der Waals surface area contributed by atoms with E-state index in [-0.39, 0.29) is 19.3 Å². The zero-order valence-corrected chi connectivity index (χ0v) is 16.1. The second-order valence-corrected chi connectivity index (χ2v) is 8.31. The molecule has 2 aliphatic heterocycles. The van der Waals surface area contributed by atoms with Crippen molar-refractivity contribution in [3.05, 3.63) is 24.0 Å². The molecule has 2 heterocycles. The Morgan fingerprint density at radius 1 is 1.30 bits per heavy atom. The minimum Gasteiger partial charge on any atom is -0.441 e. The number of halogens is 1.